The summed E-state index contributed by atoms with van der Waals surface area (Å²) in [6.45, 7) is 3.43. The molecule has 0 fully saturated rings. The summed E-state index contributed by atoms with van der Waals surface area (Å²) in [5.41, 5.74) is 5.72. The molecule has 0 aliphatic carbocycles. The molecule has 0 unspecified atom stereocenters. The third-order valence-corrected chi connectivity index (χ3v) is 3.53. The maximum atomic E-state index is 12.1. The van der Waals surface area contributed by atoms with E-state index in [-0.39, 0.29) is 12.3 Å². The van der Waals surface area contributed by atoms with E-state index in [4.69, 9.17) is 10.5 Å². The molecule has 0 aromatic heterocycles. The smallest absolute Gasteiger partial charge is 0.318 e. The van der Waals surface area contributed by atoms with Crippen LogP contribution < -0.4 is 11.1 Å². The van der Waals surface area contributed by atoms with Gasteiger partial charge in [0, 0.05) is 0 Å². The van der Waals surface area contributed by atoms with Crippen molar-refractivity contribution in [2.24, 2.45) is 11.7 Å². The van der Waals surface area contributed by atoms with E-state index in [0.29, 0.717) is 0 Å². The van der Waals surface area contributed by atoms with Crippen LogP contribution in [0.5, 0.6) is 0 Å². The number of amides is 3. The van der Waals surface area contributed by atoms with Crippen LogP contribution in [0, 0.1) is 5.92 Å². The number of benzene rings is 2. The molecule has 0 spiro atoms. The van der Waals surface area contributed by atoms with Gasteiger partial charge in [0.15, 0.2) is 6.10 Å². The molecule has 6 nitrogen and oxygen atoms in total. The predicted molar refractivity (Wildman–Crippen MR) is 90.1 cm³/mol. The van der Waals surface area contributed by atoms with Crippen molar-refractivity contribution in [1.29, 1.82) is 0 Å². The first-order chi connectivity index (χ1) is 11.4. The van der Waals surface area contributed by atoms with Gasteiger partial charge in [0.25, 0.3) is 5.91 Å². The van der Waals surface area contributed by atoms with E-state index in [1.54, 1.807) is 13.8 Å². The Balaban J connectivity index is 2.06. The molecule has 126 valence electrons. The van der Waals surface area contributed by atoms with Crippen LogP contribution in [-0.2, 0) is 20.7 Å². The quantitative estimate of drug-likeness (QED) is 0.822. The zero-order chi connectivity index (χ0) is 17.7. The molecule has 6 heteroatoms. The van der Waals surface area contributed by atoms with E-state index in [1.165, 1.54) is 0 Å². The van der Waals surface area contributed by atoms with Crippen molar-refractivity contribution >= 4 is 28.7 Å². The number of esters is 1. The van der Waals surface area contributed by atoms with Crippen molar-refractivity contribution in [3.8, 4) is 0 Å². The summed E-state index contributed by atoms with van der Waals surface area (Å²) >= 11 is 0. The average Bonchev–Trinajstić information content (AvgIpc) is 2.51. The molecule has 0 saturated heterocycles. The van der Waals surface area contributed by atoms with Crippen molar-refractivity contribution in [2.75, 3.05) is 0 Å². The molecule has 3 N–H and O–H groups in total. The van der Waals surface area contributed by atoms with Gasteiger partial charge >= 0.3 is 12.0 Å². The topological polar surface area (TPSA) is 98.5 Å². The molecule has 0 radical (unpaired) electrons. The molecular formula is C18H20N2O4. The number of fused-ring (bicyclic) bond motifs is 1. The minimum Gasteiger partial charge on any atom is -0.452 e. The minimum atomic E-state index is -1.06. The summed E-state index contributed by atoms with van der Waals surface area (Å²) in [5.74, 6) is -1.54. The highest BCUT2D eigenvalue weighted by molar-refractivity contribution is 5.96. The van der Waals surface area contributed by atoms with E-state index in [0.717, 1.165) is 16.3 Å². The molecule has 0 saturated carbocycles. The largest absolute Gasteiger partial charge is 0.452 e. The second kappa shape index (κ2) is 7.59. The SMILES string of the molecule is CC(C)[C@H](OC(=O)Cc1ccc2ccccc2c1)C(=O)NC(N)=O. The number of hydrogen-bond donors (Lipinski definition) is 2. The summed E-state index contributed by atoms with van der Waals surface area (Å²) in [6, 6.07) is 12.5. The molecule has 3 amide bonds. The molecule has 24 heavy (non-hydrogen) atoms. The Bertz CT molecular complexity index is 770. The molecule has 2 aromatic carbocycles. The van der Waals surface area contributed by atoms with Crippen LogP contribution in [0.1, 0.15) is 19.4 Å². The molecule has 2 aromatic rings. The number of carbonyl (C=O) groups excluding carboxylic acids is 3. The molecule has 0 bridgehead atoms. The van der Waals surface area contributed by atoms with Gasteiger partial charge < -0.3 is 10.5 Å². The highest BCUT2D eigenvalue weighted by atomic mass is 16.5. The summed E-state index contributed by atoms with van der Waals surface area (Å²) in [6.07, 6.45) is -1.02. The number of urea groups is 1. The van der Waals surface area contributed by atoms with Gasteiger partial charge in [-0.1, -0.05) is 56.3 Å². The van der Waals surface area contributed by atoms with E-state index in [9.17, 15) is 14.4 Å². The number of hydrogen-bond acceptors (Lipinski definition) is 4. The van der Waals surface area contributed by atoms with Gasteiger partial charge in [-0.25, -0.2) is 4.79 Å². The summed E-state index contributed by atoms with van der Waals surface area (Å²) in [5, 5.41) is 4.04. The second-order valence-corrected chi connectivity index (χ2v) is 5.87. The normalized spacial score (nSPS) is 12.0. The summed E-state index contributed by atoms with van der Waals surface area (Å²) < 4.78 is 5.23. The van der Waals surface area contributed by atoms with Gasteiger partial charge in [-0.3, -0.25) is 14.9 Å². The van der Waals surface area contributed by atoms with Gasteiger partial charge in [0.1, 0.15) is 0 Å². The standard InChI is InChI=1S/C18H20N2O4/c1-11(2)16(17(22)20-18(19)23)24-15(21)10-12-7-8-13-5-3-4-6-14(13)9-12/h3-9,11,16H,10H2,1-2H3,(H3,19,20,22,23)/t16-/m0/s1. The number of nitrogens with one attached hydrogen (secondary N) is 1. The molecule has 2 rings (SSSR count). The van der Waals surface area contributed by atoms with Crippen LogP contribution in [0.4, 0.5) is 4.79 Å². The zero-order valence-corrected chi connectivity index (χ0v) is 13.6. The van der Waals surface area contributed by atoms with Crippen molar-refractivity contribution < 1.29 is 19.1 Å². The highest BCUT2D eigenvalue weighted by Crippen LogP contribution is 2.17. The van der Waals surface area contributed by atoms with E-state index in [2.05, 4.69) is 0 Å². The summed E-state index contributed by atoms with van der Waals surface area (Å²) in [4.78, 5) is 34.8. The van der Waals surface area contributed by atoms with Crippen molar-refractivity contribution in [3.05, 3.63) is 48.0 Å². The Kier molecular flexibility index (Phi) is 5.52. The van der Waals surface area contributed by atoms with Gasteiger partial charge in [-0.2, -0.15) is 0 Å². The third-order valence-electron chi connectivity index (χ3n) is 3.53. The van der Waals surface area contributed by atoms with Crippen LogP contribution in [-0.4, -0.2) is 24.0 Å². The number of rotatable bonds is 5. The Morgan fingerprint density at radius 1 is 1.08 bits per heavy atom. The van der Waals surface area contributed by atoms with E-state index < -0.39 is 24.0 Å². The Labute approximate surface area is 140 Å². The Morgan fingerprint density at radius 2 is 1.75 bits per heavy atom. The van der Waals surface area contributed by atoms with Crippen LogP contribution in [0.15, 0.2) is 42.5 Å². The van der Waals surface area contributed by atoms with Crippen molar-refractivity contribution in [3.63, 3.8) is 0 Å². The van der Waals surface area contributed by atoms with Crippen LogP contribution in [0.2, 0.25) is 0 Å². The van der Waals surface area contributed by atoms with Gasteiger partial charge in [0.05, 0.1) is 6.42 Å². The van der Waals surface area contributed by atoms with Crippen molar-refractivity contribution in [1.82, 2.24) is 5.32 Å². The lowest BCUT2D eigenvalue weighted by atomic mass is 10.0. The number of carbonyl (C=O) groups is 3. The Morgan fingerprint density at radius 3 is 2.38 bits per heavy atom. The fourth-order valence-electron chi connectivity index (χ4n) is 2.38. The zero-order valence-electron chi connectivity index (χ0n) is 13.6. The van der Waals surface area contributed by atoms with E-state index in [1.807, 2.05) is 47.8 Å². The van der Waals surface area contributed by atoms with Crippen molar-refractivity contribution in [2.45, 2.75) is 26.4 Å². The van der Waals surface area contributed by atoms with Gasteiger partial charge in [0.2, 0.25) is 0 Å². The molecule has 0 heterocycles. The van der Waals surface area contributed by atoms with Crippen LogP contribution >= 0.6 is 0 Å². The number of imide groups is 1. The average molecular weight is 328 g/mol. The van der Waals surface area contributed by atoms with Crippen LogP contribution in [0.3, 0.4) is 0 Å². The highest BCUT2D eigenvalue weighted by Gasteiger charge is 2.27. The first kappa shape index (κ1) is 17.5. The Hall–Kier alpha value is -2.89. The molecule has 0 aliphatic rings. The number of ether oxygens (including phenoxy) is 1. The van der Waals surface area contributed by atoms with Crippen LogP contribution in [0.25, 0.3) is 10.8 Å². The fourth-order valence-corrected chi connectivity index (χ4v) is 2.38. The fraction of sp³-hybridized carbons (Fsp3) is 0.278. The minimum absolute atomic E-state index is 0.0396. The lowest BCUT2D eigenvalue weighted by molar-refractivity contribution is -0.157. The van der Waals surface area contributed by atoms with E-state index >= 15 is 0 Å². The first-order valence-electron chi connectivity index (χ1n) is 7.64. The first-order valence-corrected chi connectivity index (χ1v) is 7.64. The predicted octanol–water partition coefficient (Wildman–Crippen LogP) is 2.15. The monoisotopic (exact) mass is 328 g/mol. The maximum absolute atomic E-state index is 12.1. The molecular weight excluding hydrogens is 308 g/mol. The molecule has 0 aliphatic heterocycles. The van der Waals surface area contributed by atoms with Gasteiger partial charge in [-0.05, 0) is 22.3 Å². The third kappa shape index (κ3) is 4.55. The summed E-state index contributed by atoms with van der Waals surface area (Å²) in [7, 11) is 0. The number of nitrogens with two attached hydrogens (primary N) is 1. The number of primary amides is 1. The maximum Gasteiger partial charge on any atom is 0.318 e. The lowest BCUT2D eigenvalue weighted by Crippen LogP contribution is -2.45. The molecule has 1 atom stereocenters. The van der Waals surface area contributed by atoms with Gasteiger partial charge in [-0.15, -0.1) is 0 Å². The second-order valence-electron chi connectivity index (χ2n) is 5.87. The lowest BCUT2D eigenvalue weighted by Gasteiger charge is -2.19.